The maximum Gasteiger partial charge on any atom is 0.255 e. The van der Waals surface area contributed by atoms with Gasteiger partial charge in [0.1, 0.15) is 5.82 Å². The number of carbonyl (C=O) groups excluding carboxylic acids is 1. The number of aliphatic hydroxyl groups excluding tert-OH is 1. The first-order valence-electron chi connectivity index (χ1n) is 5.39. The number of benzene rings is 1. The van der Waals surface area contributed by atoms with Crippen LogP contribution >= 0.6 is 0 Å². The Bertz CT molecular complexity index is 404. The second-order valence-corrected chi connectivity index (χ2v) is 3.88. The Labute approximate surface area is 103 Å². The topological polar surface area (TPSA) is 40.5 Å². The molecule has 1 amide bonds. The molecule has 0 radical (unpaired) electrons. The maximum atomic E-state index is 13.1. The molecule has 0 heterocycles. The van der Waals surface area contributed by atoms with Crippen molar-refractivity contribution >= 4 is 5.91 Å². The van der Waals surface area contributed by atoms with E-state index in [4.69, 9.17) is 5.11 Å². The lowest BCUT2D eigenvalue weighted by molar-refractivity contribution is 0.0509. The molecule has 6 heteroatoms. The Morgan fingerprint density at radius 3 is 2.56 bits per heavy atom. The van der Waals surface area contributed by atoms with Gasteiger partial charge in [0.2, 0.25) is 0 Å². The third kappa shape index (κ3) is 4.03. The van der Waals surface area contributed by atoms with E-state index in [0.29, 0.717) is 5.56 Å². The van der Waals surface area contributed by atoms with Gasteiger partial charge in [0.15, 0.2) is 0 Å². The molecule has 0 atom stereocenters. The molecular formula is C12H14F3NO2. The number of amides is 1. The summed E-state index contributed by atoms with van der Waals surface area (Å²) in [6, 6.07) is 3.65. The van der Waals surface area contributed by atoms with Gasteiger partial charge in [-0.25, -0.2) is 13.2 Å². The molecule has 1 aromatic rings. The van der Waals surface area contributed by atoms with E-state index in [1.54, 1.807) is 6.92 Å². The second kappa shape index (κ2) is 6.39. The standard InChI is InChI=1S/C12H14F3NO2/c1-8-4-9(6-10(13)5-8)12(18)16(2-3-17)7-11(14)15/h4-6,11,17H,2-3,7H2,1H3. The van der Waals surface area contributed by atoms with Crippen molar-refractivity contribution in [2.45, 2.75) is 13.3 Å². The number of halogens is 3. The SMILES string of the molecule is Cc1cc(F)cc(C(=O)N(CCO)CC(F)F)c1. The minimum absolute atomic E-state index is 0.00148. The third-order valence-electron chi connectivity index (χ3n) is 2.30. The van der Waals surface area contributed by atoms with Gasteiger partial charge in [-0.05, 0) is 30.7 Å². The van der Waals surface area contributed by atoms with Crippen LogP contribution in [0.5, 0.6) is 0 Å². The van der Waals surface area contributed by atoms with E-state index in [1.807, 2.05) is 0 Å². The Morgan fingerprint density at radius 1 is 1.39 bits per heavy atom. The van der Waals surface area contributed by atoms with Crippen molar-refractivity contribution < 1.29 is 23.1 Å². The van der Waals surface area contributed by atoms with Crippen molar-refractivity contribution in [1.82, 2.24) is 4.90 Å². The number of hydrogen-bond donors (Lipinski definition) is 1. The molecule has 0 unspecified atom stereocenters. The summed E-state index contributed by atoms with van der Waals surface area (Å²) in [7, 11) is 0. The highest BCUT2D eigenvalue weighted by Gasteiger charge is 2.19. The van der Waals surface area contributed by atoms with Crippen LogP contribution < -0.4 is 0 Å². The molecular weight excluding hydrogens is 247 g/mol. The number of rotatable bonds is 5. The summed E-state index contributed by atoms with van der Waals surface area (Å²) in [5.41, 5.74) is 0.529. The van der Waals surface area contributed by atoms with Gasteiger partial charge in [-0.1, -0.05) is 0 Å². The third-order valence-corrected chi connectivity index (χ3v) is 2.30. The van der Waals surface area contributed by atoms with Gasteiger partial charge in [-0.15, -0.1) is 0 Å². The zero-order valence-corrected chi connectivity index (χ0v) is 9.87. The molecule has 1 N–H and O–H groups in total. The first-order valence-corrected chi connectivity index (χ1v) is 5.39. The summed E-state index contributed by atoms with van der Waals surface area (Å²) in [6.45, 7) is 0.184. The van der Waals surface area contributed by atoms with E-state index in [0.717, 1.165) is 11.0 Å². The fourth-order valence-corrected chi connectivity index (χ4v) is 1.61. The van der Waals surface area contributed by atoms with Crippen LogP contribution in [0.3, 0.4) is 0 Å². The second-order valence-electron chi connectivity index (χ2n) is 3.88. The van der Waals surface area contributed by atoms with Gasteiger partial charge in [0.25, 0.3) is 12.3 Å². The number of nitrogens with zero attached hydrogens (tertiary/aromatic N) is 1. The first kappa shape index (κ1) is 14.5. The quantitative estimate of drug-likeness (QED) is 0.878. The summed E-state index contributed by atoms with van der Waals surface area (Å²) in [6.07, 6.45) is -2.70. The summed E-state index contributed by atoms with van der Waals surface area (Å²) in [5, 5.41) is 8.74. The number of alkyl halides is 2. The molecule has 0 bridgehead atoms. The van der Waals surface area contributed by atoms with Crippen molar-refractivity contribution in [3.8, 4) is 0 Å². The van der Waals surface area contributed by atoms with Crippen LogP contribution in [0.25, 0.3) is 0 Å². The highest BCUT2D eigenvalue weighted by molar-refractivity contribution is 5.94. The smallest absolute Gasteiger partial charge is 0.255 e. The molecule has 100 valence electrons. The molecule has 0 saturated carbocycles. The number of carbonyl (C=O) groups is 1. The van der Waals surface area contributed by atoms with Crippen molar-refractivity contribution in [3.63, 3.8) is 0 Å². The zero-order chi connectivity index (χ0) is 13.7. The lowest BCUT2D eigenvalue weighted by Crippen LogP contribution is -2.37. The molecule has 0 aromatic heterocycles. The van der Waals surface area contributed by atoms with E-state index >= 15 is 0 Å². The van der Waals surface area contributed by atoms with Crippen LogP contribution in [0.15, 0.2) is 18.2 Å². The van der Waals surface area contributed by atoms with Crippen LogP contribution in [0, 0.1) is 12.7 Å². The first-order chi connectivity index (χ1) is 8.43. The van der Waals surface area contributed by atoms with Crippen molar-refractivity contribution in [3.05, 3.63) is 35.1 Å². The van der Waals surface area contributed by atoms with Crippen LogP contribution in [-0.4, -0.2) is 42.0 Å². The summed E-state index contributed by atoms with van der Waals surface area (Å²) in [5.74, 6) is -1.31. The predicted octanol–water partition coefficient (Wildman–Crippen LogP) is 1.83. The molecule has 3 nitrogen and oxygen atoms in total. The minimum Gasteiger partial charge on any atom is -0.395 e. The van der Waals surface area contributed by atoms with Gasteiger partial charge >= 0.3 is 0 Å². The van der Waals surface area contributed by atoms with Crippen LogP contribution in [0.2, 0.25) is 0 Å². The molecule has 0 spiro atoms. The van der Waals surface area contributed by atoms with Crippen molar-refractivity contribution in [1.29, 1.82) is 0 Å². The summed E-state index contributed by atoms with van der Waals surface area (Å²) >= 11 is 0. The zero-order valence-electron chi connectivity index (χ0n) is 9.87. The predicted molar refractivity (Wildman–Crippen MR) is 60.1 cm³/mol. The average molecular weight is 261 g/mol. The number of aliphatic hydroxyl groups is 1. The molecule has 0 saturated heterocycles. The fourth-order valence-electron chi connectivity index (χ4n) is 1.61. The Kier molecular flexibility index (Phi) is 5.15. The van der Waals surface area contributed by atoms with Crippen molar-refractivity contribution in [2.75, 3.05) is 19.7 Å². The summed E-state index contributed by atoms with van der Waals surface area (Å²) in [4.78, 5) is 12.7. The van der Waals surface area contributed by atoms with Crippen LogP contribution in [-0.2, 0) is 0 Å². The van der Waals surface area contributed by atoms with Crippen LogP contribution in [0.4, 0.5) is 13.2 Å². The van der Waals surface area contributed by atoms with E-state index in [9.17, 15) is 18.0 Å². The van der Waals surface area contributed by atoms with Gasteiger partial charge < -0.3 is 10.0 Å². The van der Waals surface area contributed by atoms with Gasteiger partial charge in [0.05, 0.1) is 13.2 Å². The highest BCUT2D eigenvalue weighted by atomic mass is 19.3. The number of hydrogen-bond acceptors (Lipinski definition) is 2. The van der Waals surface area contributed by atoms with E-state index in [-0.39, 0.29) is 12.1 Å². The Hall–Kier alpha value is -1.56. The summed E-state index contributed by atoms with van der Waals surface area (Å²) < 4.78 is 37.7. The molecule has 0 aliphatic heterocycles. The average Bonchev–Trinajstić information content (AvgIpc) is 2.25. The van der Waals surface area contributed by atoms with Crippen LogP contribution in [0.1, 0.15) is 15.9 Å². The van der Waals surface area contributed by atoms with Gasteiger partial charge in [0, 0.05) is 12.1 Å². The van der Waals surface area contributed by atoms with E-state index in [2.05, 4.69) is 0 Å². The number of aryl methyl sites for hydroxylation is 1. The highest BCUT2D eigenvalue weighted by Crippen LogP contribution is 2.12. The van der Waals surface area contributed by atoms with Crippen molar-refractivity contribution in [2.24, 2.45) is 0 Å². The lowest BCUT2D eigenvalue weighted by atomic mass is 10.1. The fraction of sp³-hybridized carbons (Fsp3) is 0.417. The van der Waals surface area contributed by atoms with E-state index in [1.165, 1.54) is 12.1 Å². The minimum atomic E-state index is -2.70. The lowest BCUT2D eigenvalue weighted by Gasteiger charge is -2.21. The molecule has 0 fully saturated rings. The van der Waals surface area contributed by atoms with Gasteiger partial charge in [-0.2, -0.15) is 0 Å². The largest absolute Gasteiger partial charge is 0.395 e. The molecule has 1 rings (SSSR count). The molecule has 18 heavy (non-hydrogen) atoms. The van der Waals surface area contributed by atoms with Gasteiger partial charge in [-0.3, -0.25) is 4.79 Å². The maximum absolute atomic E-state index is 13.1. The molecule has 1 aromatic carbocycles. The Morgan fingerprint density at radius 2 is 2.06 bits per heavy atom. The van der Waals surface area contributed by atoms with E-state index < -0.39 is 31.3 Å². The normalized spacial score (nSPS) is 10.8. The molecule has 0 aliphatic rings. The Balaban J connectivity index is 2.93. The monoisotopic (exact) mass is 261 g/mol. The molecule has 0 aliphatic carbocycles.